The fourth-order valence-electron chi connectivity index (χ4n) is 1.82. The van der Waals surface area contributed by atoms with Gasteiger partial charge in [0.2, 0.25) is 0 Å². The van der Waals surface area contributed by atoms with Crippen LogP contribution in [0.5, 0.6) is 0 Å². The van der Waals surface area contributed by atoms with Gasteiger partial charge in [0, 0.05) is 11.1 Å². The van der Waals surface area contributed by atoms with Crippen LogP contribution in [-0.4, -0.2) is 28.5 Å². The Morgan fingerprint density at radius 2 is 2.29 bits per heavy atom. The van der Waals surface area contributed by atoms with E-state index in [-0.39, 0.29) is 5.37 Å². The molecule has 0 aliphatic carbocycles. The van der Waals surface area contributed by atoms with E-state index >= 15 is 0 Å². The number of carbonyl (C=O) groups excluding carboxylic acids is 1. The molecule has 0 aromatic carbocycles. The molecule has 0 saturated carbocycles. The van der Waals surface area contributed by atoms with Crippen molar-refractivity contribution in [2.45, 2.75) is 25.6 Å². The summed E-state index contributed by atoms with van der Waals surface area (Å²) in [5, 5.41) is 17.0. The SMILES string of the molecule is CC(C)Cc1sc(C2NC=CS2)nc1C(=O)NCC(=O)O. The molecular weight excluding hydrogens is 310 g/mol. The normalized spacial score (nSPS) is 17.0. The Balaban J connectivity index is 2.19. The van der Waals surface area contributed by atoms with E-state index in [0.29, 0.717) is 11.6 Å². The van der Waals surface area contributed by atoms with Gasteiger partial charge in [0.25, 0.3) is 5.91 Å². The largest absolute Gasteiger partial charge is 0.480 e. The van der Waals surface area contributed by atoms with Gasteiger partial charge >= 0.3 is 5.97 Å². The second kappa shape index (κ2) is 6.95. The van der Waals surface area contributed by atoms with Gasteiger partial charge in [0.05, 0.1) is 0 Å². The third kappa shape index (κ3) is 4.21. The zero-order valence-electron chi connectivity index (χ0n) is 11.8. The molecule has 0 bridgehead atoms. The van der Waals surface area contributed by atoms with Gasteiger partial charge in [-0.1, -0.05) is 13.8 Å². The lowest BCUT2D eigenvalue weighted by atomic mass is 10.1. The van der Waals surface area contributed by atoms with Crippen molar-refractivity contribution in [3.63, 3.8) is 0 Å². The summed E-state index contributed by atoms with van der Waals surface area (Å²) in [6.07, 6.45) is 2.60. The van der Waals surface area contributed by atoms with Crippen molar-refractivity contribution in [1.82, 2.24) is 15.6 Å². The highest BCUT2D eigenvalue weighted by molar-refractivity contribution is 8.02. The van der Waals surface area contributed by atoms with E-state index in [1.165, 1.54) is 11.3 Å². The van der Waals surface area contributed by atoms with Crippen LogP contribution in [0.2, 0.25) is 0 Å². The summed E-state index contributed by atoms with van der Waals surface area (Å²) in [4.78, 5) is 28.0. The zero-order valence-corrected chi connectivity index (χ0v) is 13.4. The average Bonchev–Trinajstić information content (AvgIpc) is 3.03. The number of aliphatic carboxylic acids is 1. The van der Waals surface area contributed by atoms with E-state index in [1.807, 2.05) is 11.6 Å². The van der Waals surface area contributed by atoms with Crippen molar-refractivity contribution in [3.8, 4) is 0 Å². The summed E-state index contributed by atoms with van der Waals surface area (Å²) in [7, 11) is 0. The third-order valence-electron chi connectivity index (χ3n) is 2.68. The summed E-state index contributed by atoms with van der Waals surface area (Å²) >= 11 is 3.10. The van der Waals surface area contributed by atoms with Crippen molar-refractivity contribution in [1.29, 1.82) is 0 Å². The molecule has 0 spiro atoms. The van der Waals surface area contributed by atoms with Crippen LogP contribution >= 0.6 is 23.1 Å². The predicted octanol–water partition coefficient (Wildman–Crippen LogP) is 1.96. The van der Waals surface area contributed by atoms with Crippen LogP contribution < -0.4 is 10.6 Å². The number of amides is 1. The lowest BCUT2D eigenvalue weighted by molar-refractivity contribution is -0.135. The smallest absolute Gasteiger partial charge is 0.322 e. The van der Waals surface area contributed by atoms with Crippen molar-refractivity contribution >= 4 is 35.0 Å². The zero-order chi connectivity index (χ0) is 15.4. The Morgan fingerprint density at radius 3 is 2.86 bits per heavy atom. The number of thiazole rings is 1. The van der Waals surface area contributed by atoms with E-state index in [9.17, 15) is 9.59 Å². The minimum absolute atomic E-state index is 0.0296. The fraction of sp³-hybridized carbons (Fsp3) is 0.462. The minimum Gasteiger partial charge on any atom is -0.480 e. The van der Waals surface area contributed by atoms with Crippen molar-refractivity contribution in [2.75, 3.05) is 6.54 Å². The Kier molecular flexibility index (Phi) is 5.24. The van der Waals surface area contributed by atoms with E-state index in [4.69, 9.17) is 5.11 Å². The van der Waals surface area contributed by atoms with Gasteiger partial charge in [0.15, 0.2) is 0 Å². The highest BCUT2D eigenvalue weighted by Gasteiger charge is 2.24. The first-order chi connectivity index (χ1) is 9.97. The number of nitrogens with zero attached hydrogens (tertiary/aromatic N) is 1. The summed E-state index contributed by atoms with van der Waals surface area (Å²) in [5.41, 5.74) is 0.347. The first-order valence-electron chi connectivity index (χ1n) is 6.53. The topological polar surface area (TPSA) is 91.3 Å². The Hall–Kier alpha value is -1.54. The van der Waals surface area contributed by atoms with Gasteiger partial charge in [-0.25, -0.2) is 4.98 Å². The highest BCUT2D eigenvalue weighted by atomic mass is 32.2. The monoisotopic (exact) mass is 327 g/mol. The molecule has 1 aliphatic rings. The van der Waals surface area contributed by atoms with Gasteiger partial charge < -0.3 is 15.7 Å². The van der Waals surface area contributed by atoms with Crippen LogP contribution in [0.3, 0.4) is 0 Å². The number of carboxylic acid groups (broad SMARTS) is 1. The van der Waals surface area contributed by atoms with Crippen LogP contribution in [0.1, 0.15) is 39.6 Å². The number of nitrogens with one attached hydrogen (secondary N) is 2. The van der Waals surface area contributed by atoms with Gasteiger partial charge in [-0.3, -0.25) is 9.59 Å². The molecule has 21 heavy (non-hydrogen) atoms. The van der Waals surface area contributed by atoms with Crippen molar-refractivity contribution in [2.24, 2.45) is 5.92 Å². The lowest BCUT2D eigenvalue weighted by Crippen LogP contribution is -2.30. The predicted molar refractivity (Wildman–Crippen MR) is 83.2 cm³/mol. The number of hydrogen-bond acceptors (Lipinski definition) is 6. The number of aromatic nitrogens is 1. The molecule has 2 heterocycles. The Bertz CT molecular complexity index is 561. The van der Waals surface area contributed by atoms with Gasteiger partial charge in [-0.15, -0.1) is 23.1 Å². The molecule has 8 heteroatoms. The summed E-state index contributed by atoms with van der Waals surface area (Å²) in [6.45, 7) is 3.75. The number of thioether (sulfide) groups is 1. The molecule has 6 nitrogen and oxygen atoms in total. The molecule has 1 aromatic rings. The van der Waals surface area contributed by atoms with Crippen LogP contribution in [0.4, 0.5) is 0 Å². The maximum Gasteiger partial charge on any atom is 0.322 e. The number of hydrogen-bond donors (Lipinski definition) is 3. The molecule has 2 rings (SSSR count). The van der Waals surface area contributed by atoms with Crippen LogP contribution in [0.25, 0.3) is 0 Å². The third-order valence-corrected chi connectivity index (χ3v) is 4.89. The number of rotatable bonds is 6. The van der Waals surface area contributed by atoms with E-state index < -0.39 is 18.4 Å². The number of carboxylic acids is 1. The van der Waals surface area contributed by atoms with Crippen molar-refractivity contribution in [3.05, 3.63) is 27.2 Å². The van der Waals surface area contributed by atoms with E-state index in [1.54, 1.807) is 11.8 Å². The summed E-state index contributed by atoms with van der Waals surface area (Å²) < 4.78 is 0. The van der Waals surface area contributed by atoms with Crippen LogP contribution in [0.15, 0.2) is 11.6 Å². The second-order valence-corrected chi connectivity index (χ2v) is 7.11. The van der Waals surface area contributed by atoms with Gasteiger partial charge in [-0.05, 0) is 17.7 Å². The summed E-state index contributed by atoms with van der Waals surface area (Å²) in [6, 6.07) is 0. The Morgan fingerprint density at radius 1 is 1.52 bits per heavy atom. The molecular formula is C13H17N3O3S2. The van der Waals surface area contributed by atoms with Crippen molar-refractivity contribution < 1.29 is 14.7 Å². The molecule has 1 aliphatic heterocycles. The van der Waals surface area contributed by atoms with E-state index in [0.717, 1.165) is 16.3 Å². The molecule has 1 amide bonds. The fourth-order valence-corrected chi connectivity index (χ4v) is 3.99. The molecule has 1 unspecified atom stereocenters. The minimum atomic E-state index is -1.07. The first-order valence-corrected chi connectivity index (χ1v) is 8.29. The number of carbonyl (C=O) groups is 2. The maximum absolute atomic E-state index is 12.1. The Labute approximate surface area is 131 Å². The van der Waals surface area contributed by atoms with Gasteiger partial charge in [-0.2, -0.15) is 0 Å². The molecule has 1 aromatic heterocycles. The standard InChI is InChI=1S/C13H17N3O3S2/c1-7(2)5-8-10(11(19)15-6-9(17)18)16-13(21-8)12-14-3-4-20-12/h3-4,7,12,14H,5-6H2,1-2H3,(H,15,19)(H,17,18). The van der Waals surface area contributed by atoms with Crippen LogP contribution in [-0.2, 0) is 11.2 Å². The van der Waals surface area contributed by atoms with E-state index in [2.05, 4.69) is 29.5 Å². The molecule has 114 valence electrons. The average molecular weight is 327 g/mol. The highest BCUT2D eigenvalue weighted by Crippen LogP contribution is 2.35. The first kappa shape index (κ1) is 15.8. The quantitative estimate of drug-likeness (QED) is 0.740. The maximum atomic E-state index is 12.1. The lowest BCUT2D eigenvalue weighted by Gasteiger charge is -2.04. The molecule has 0 fully saturated rings. The molecule has 0 saturated heterocycles. The summed E-state index contributed by atoms with van der Waals surface area (Å²) in [5.74, 6) is -1.10. The van der Waals surface area contributed by atoms with Gasteiger partial charge in [0.1, 0.15) is 22.6 Å². The molecule has 3 N–H and O–H groups in total. The second-order valence-electron chi connectivity index (χ2n) is 4.98. The molecule has 0 radical (unpaired) electrons. The van der Waals surface area contributed by atoms with Crippen LogP contribution in [0, 0.1) is 5.92 Å². The molecule has 1 atom stereocenters.